The van der Waals surface area contributed by atoms with Crippen molar-refractivity contribution in [1.29, 1.82) is 0 Å². The molecule has 0 aromatic carbocycles. The Hall–Kier alpha value is -0.0800. The van der Waals surface area contributed by atoms with Crippen molar-refractivity contribution >= 4 is 0 Å². The molecule has 0 N–H and O–H groups in total. The van der Waals surface area contributed by atoms with E-state index in [0.717, 1.165) is 19.6 Å². The third kappa shape index (κ3) is 2.76. The van der Waals surface area contributed by atoms with E-state index in [1.165, 1.54) is 0 Å². The molecule has 0 aliphatic heterocycles. The molecule has 0 unspecified atom stereocenters. The molecule has 0 saturated carbocycles. The molecule has 0 atom stereocenters. The van der Waals surface area contributed by atoms with Crippen molar-refractivity contribution in [2.24, 2.45) is 11.3 Å². The smallest absolute Gasteiger partial charge is 0.0543 e. The Morgan fingerprint density at radius 2 is 1.50 bits per heavy atom. The summed E-state index contributed by atoms with van der Waals surface area (Å²) in [6.45, 7) is 8.21. The maximum Gasteiger partial charge on any atom is 0.0543 e. The van der Waals surface area contributed by atoms with Crippen molar-refractivity contribution in [3.63, 3.8) is 0 Å². The van der Waals surface area contributed by atoms with Gasteiger partial charge in [0.2, 0.25) is 0 Å². The Labute approximate surface area is 76.3 Å². The van der Waals surface area contributed by atoms with Crippen molar-refractivity contribution in [1.82, 2.24) is 0 Å². The molecule has 74 valence electrons. The van der Waals surface area contributed by atoms with Crippen LogP contribution in [0.25, 0.3) is 0 Å². The van der Waals surface area contributed by atoms with Gasteiger partial charge in [-0.25, -0.2) is 0 Å². The first kappa shape index (κ1) is 11.9. The minimum Gasteiger partial charge on any atom is -0.384 e. The van der Waals surface area contributed by atoms with E-state index >= 15 is 0 Å². The fourth-order valence-electron chi connectivity index (χ4n) is 1.56. The monoisotopic (exact) mass is 174 g/mol. The van der Waals surface area contributed by atoms with Crippen LogP contribution in [0.4, 0.5) is 0 Å². The SMILES string of the molecule is CCC(COC)(COC)C(C)C. The van der Waals surface area contributed by atoms with E-state index in [4.69, 9.17) is 9.47 Å². The van der Waals surface area contributed by atoms with Crippen LogP contribution in [-0.2, 0) is 9.47 Å². The number of methoxy groups -OCH3 is 2. The summed E-state index contributed by atoms with van der Waals surface area (Å²) in [5, 5.41) is 0. The number of rotatable bonds is 6. The van der Waals surface area contributed by atoms with Crippen LogP contribution in [0.5, 0.6) is 0 Å². The lowest BCUT2D eigenvalue weighted by Gasteiger charge is -2.35. The maximum absolute atomic E-state index is 5.23. The first-order chi connectivity index (χ1) is 5.63. The van der Waals surface area contributed by atoms with Crippen molar-refractivity contribution in [2.45, 2.75) is 27.2 Å². The molecule has 0 aromatic rings. The van der Waals surface area contributed by atoms with Gasteiger partial charge in [-0.15, -0.1) is 0 Å². The van der Waals surface area contributed by atoms with Crippen molar-refractivity contribution in [3.8, 4) is 0 Å². The van der Waals surface area contributed by atoms with Gasteiger partial charge in [0.05, 0.1) is 13.2 Å². The molecule has 2 heteroatoms. The van der Waals surface area contributed by atoms with Crippen LogP contribution in [0, 0.1) is 11.3 Å². The molecule has 0 saturated heterocycles. The molecule has 2 nitrogen and oxygen atoms in total. The second-order valence-electron chi connectivity index (χ2n) is 3.74. The third-order valence-corrected chi connectivity index (χ3v) is 2.79. The van der Waals surface area contributed by atoms with Crippen LogP contribution in [0.3, 0.4) is 0 Å². The largest absolute Gasteiger partial charge is 0.384 e. The molecule has 0 aliphatic rings. The van der Waals surface area contributed by atoms with Gasteiger partial charge in [0, 0.05) is 19.6 Å². The normalized spacial score (nSPS) is 12.5. The van der Waals surface area contributed by atoms with Gasteiger partial charge in [-0.1, -0.05) is 20.8 Å². The van der Waals surface area contributed by atoms with Gasteiger partial charge in [0.1, 0.15) is 0 Å². The van der Waals surface area contributed by atoms with Gasteiger partial charge in [0.25, 0.3) is 0 Å². The molecule has 0 rings (SSSR count). The summed E-state index contributed by atoms with van der Waals surface area (Å²) in [5.41, 5.74) is 0.198. The standard InChI is InChI=1S/C10H22O2/c1-6-10(7-11-4,8-12-5)9(2)3/h9H,6-8H2,1-5H3. The lowest BCUT2D eigenvalue weighted by atomic mass is 9.76. The Morgan fingerprint density at radius 1 is 1.08 bits per heavy atom. The van der Waals surface area contributed by atoms with Crippen LogP contribution < -0.4 is 0 Å². The lowest BCUT2D eigenvalue weighted by Crippen LogP contribution is -2.36. The molecule has 0 aromatic heterocycles. The predicted molar refractivity (Wildman–Crippen MR) is 51.3 cm³/mol. The highest BCUT2D eigenvalue weighted by molar-refractivity contribution is 4.80. The topological polar surface area (TPSA) is 18.5 Å². The number of ether oxygens (including phenoxy) is 2. The fraction of sp³-hybridized carbons (Fsp3) is 1.00. The van der Waals surface area contributed by atoms with Crippen molar-refractivity contribution in [2.75, 3.05) is 27.4 Å². The molecule has 0 fully saturated rings. The summed E-state index contributed by atoms with van der Waals surface area (Å²) in [5.74, 6) is 0.599. The zero-order valence-electron chi connectivity index (χ0n) is 9.02. The van der Waals surface area contributed by atoms with Crippen LogP contribution in [0.15, 0.2) is 0 Å². The molecular weight excluding hydrogens is 152 g/mol. The lowest BCUT2D eigenvalue weighted by molar-refractivity contribution is -0.0229. The Bertz CT molecular complexity index is 104. The molecule has 0 aliphatic carbocycles. The first-order valence-corrected chi connectivity index (χ1v) is 4.60. The van der Waals surface area contributed by atoms with Gasteiger partial charge in [-0.05, 0) is 12.3 Å². The van der Waals surface area contributed by atoms with Crippen molar-refractivity contribution < 1.29 is 9.47 Å². The van der Waals surface area contributed by atoms with E-state index in [1.54, 1.807) is 14.2 Å². The van der Waals surface area contributed by atoms with E-state index in [-0.39, 0.29) is 5.41 Å². The second kappa shape index (κ2) is 5.55. The van der Waals surface area contributed by atoms with E-state index in [9.17, 15) is 0 Å². The molecule has 0 spiro atoms. The summed E-state index contributed by atoms with van der Waals surface area (Å²) >= 11 is 0. The zero-order valence-corrected chi connectivity index (χ0v) is 9.02. The summed E-state index contributed by atoms with van der Waals surface area (Å²) in [6.07, 6.45) is 1.10. The van der Waals surface area contributed by atoms with E-state index in [1.807, 2.05) is 0 Å². The fourth-order valence-corrected chi connectivity index (χ4v) is 1.56. The minimum absolute atomic E-state index is 0.198. The molecule has 12 heavy (non-hydrogen) atoms. The highest BCUT2D eigenvalue weighted by Crippen LogP contribution is 2.31. The second-order valence-corrected chi connectivity index (χ2v) is 3.74. The van der Waals surface area contributed by atoms with Crippen LogP contribution in [-0.4, -0.2) is 27.4 Å². The van der Waals surface area contributed by atoms with Crippen molar-refractivity contribution in [3.05, 3.63) is 0 Å². The Kier molecular flexibility index (Phi) is 5.51. The molecule has 0 radical (unpaired) electrons. The van der Waals surface area contributed by atoms with Gasteiger partial charge >= 0.3 is 0 Å². The first-order valence-electron chi connectivity index (χ1n) is 4.60. The minimum atomic E-state index is 0.198. The highest BCUT2D eigenvalue weighted by Gasteiger charge is 2.31. The highest BCUT2D eigenvalue weighted by atomic mass is 16.5. The van der Waals surface area contributed by atoms with E-state index in [2.05, 4.69) is 20.8 Å². The van der Waals surface area contributed by atoms with Gasteiger partial charge in [0.15, 0.2) is 0 Å². The number of hydrogen-bond donors (Lipinski definition) is 0. The van der Waals surface area contributed by atoms with Crippen LogP contribution in [0.2, 0.25) is 0 Å². The summed E-state index contributed by atoms with van der Waals surface area (Å²) in [4.78, 5) is 0. The molecular formula is C10H22O2. The van der Waals surface area contributed by atoms with Gasteiger partial charge in [-0.2, -0.15) is 0 Å². The third-order valence-electron chi connectivity index (χ3n) is 2.79. The zero-order chi connectivity index (χ0) is 9.61. The maximum atomic E-state index is 5.23. The summed E-state index contributed by atoms with van der Waals surface area (Å²) in [7, 11) is 3.50. The van der Waals surface area contributed by atoms with E-state index < -0.39 is 0 Å². The number of hydrogen-bond acceptors (Lipinski definition) is 2. The molecule has 0 amide bonds. The van der Waals surface area contributed by atoms with E-state index in [0.29, 0.717) is 5.92 Å². The Morgan fingerprint density at radius 3 is 1.67 bits per heavy atom. The van der Waals surface area contributed by atoms with Crippen LogP contribution >= 0.6 is 0 Å². The quantitative estimate of drug-likeness (QED) is 0.615. The van der Waals surface area contributed by atoms with Gasteiger partial charge < -0.3 is 9.47 Å². The molecule has 0 heterocycles. The van der Waals surface area contributed by atoms with Gasteiger partial charge in [-0.3, -0.25) is 0 Å². The molecule has 0 bridgehead atoms. The average Bonchev–Trinajstić information content (AvgIpc) is 2.03. The summed E-state index contributed by atoms with van der Waals surface area (Å²) in [6, 6.07) is 0. The Balaban J connectivity index is 4.28. The average molecular weight is 174 g/mol. The predicted octanol–water partition coefficient (Wildman–Crippen LogP) is 2.33. The summed E-state index contributed by atoms with van der Waals surface area (Å²) < 4.78 is 10.5. The van der Waals surface area contributed by atoms with Crippen LogP contribution in [0.1, 0.15) is 27.2 Å².